The van der Waals surface area contributed by atoms with E-state index in [0.717, 1.165) is 11.1 Å². The first-order valence-electron chi connectivity index (χ1n) is 8.85. The Labute approximate surface area is 160 Å². The summed E-state index contributed by atoms with van der Waals surface area (Å²) in [5, 5.41) is 3.19. The molecule has 0 radical (unpaired) electrons. The molecule has 0 spiro atoms. The number of fused-ring (bicyclic) bond motifs is 1. The molecule has 1 aromatic heterocycles. The van der Waals surface area contributed by atoms with E-state index in [1.54, 1.807) is 18.3 Å². The second-order valence-electron chi connectivity index (χ2n) is 6.46. The zero-order valence-electron chi connectivity index (χ0n) is 14.9. The third-order valence-corrected chi connectivity index (χ3v) is 4.54. The van der Waals surface area contributed by atoms with Crippen molar-refractivity contribution in [1.82, 2.24) is 4.57 Å². The molecule has 138 valence electrons. The topological polar surface area (TPSA) is 51.1 Å². The number of pyridine rings is 1. The summed E-state index contributed by atoms with van der Waals surface area (Å²) in [6.45, 7) is 0.557. The van der Waals surface area contributed by atoms with Gasteiger partial charge in [-0.3, -0.25) is 9.59 Å². The molecule has 0 saturated carbocycles. The van der Waals surface area contributed by atoms with Crippen molar-refractivity contribution in [2.45, 2.75) is 6.54 Å². The van der Waals surface area contributed by atoms with E-state index >= 15 is 0 Å². The molecule has 0 fully saturated rings. The van der Waals surface area contributed by atoms with Crippen LogP contribution in [0.15, 0.2) is 89.9 Å². The van der Waals surface area contributed by atoms with Crippen LogP contribution in [0, 0.1) is 5.82 Å². The lowest BCUT2D eigenvalue weighted by Gasteiger charge is -2.14. The number of carbonyl (C=O) groups is 1. The zero-order chi connectivity index (χ0) is 19.5. The molecular weight excluding hydrogens is 355 g/mol. The molecule has 4 nitrogen and oxygen atoms in total. The summed E-state index contributed by atoms with van der Waals surface area (Å²) in [5.41, 5.74) is 2.08. The van der Waals surface area contributed by atoms with Crippen LogP contribution in [0.2, 0.25) is 0 Å². The standard InChI is InChI=1S/C23H17FN2O2/c24-18-12-10-17(11-13-18)23(28)25-20-15-26(14-16-6-2-1-3-7-16)21-9-5-4-8-19(21)22(20)27/h1-13,15H,14H2,(H,25,28). The molecule has 1 amide bonds. The number of amides is 1. The Morgan fingerprint density at radius 1 is 0.893 bits per heavy atom. The fraction of sp³-hybridized carbons (Fsp3) is 0.0435. The number of rotatable bonds is 4. The SMILES string of the molecule is O=C(Nc1cn(Cc2ccccc2)c2ccccc2c1=O)c1ccc(F)cc1. The van der Waals surface area contributed by atoms with Crippen LogP contribution >= 0.6 is 0 Å². The Hall–Kier alpha value is -3.73. The molecule has 0 aliphatic rings. The highest BCUT2D eigenvalue weighted by Gasteiger charge is 2.13. The number of anilines is 1. The first kappa shape index (κ1) is 17.7. The number of halogens is 1. The van der Waals surface area contributed by atoms with Gasteiger partial charge in [0, 0.05) is 23.7 Å². The maximum Gasteiger partial charge on any atom is 0.255 e. The average molecular weight is 372 g/mol. The van der Waals surface area contributed by atoms with Crippen molar-refractivity contribution in [3.63, 3.8) is 0 Å². The molecule has 5 heteroatoms. The maximum atomic E-state index is 13.1. The third kappa shape index (κ3) is 3.55. The molecule has 0 bridgehead atoms. The Bertz CT molecular complexity index is 1200. The molecule has 0 aliphatic heterocycles. The summed E-state index contributed by atoms with van der Waals surface area (Å²) >= 11 is 0. The summed E-state index contributed by atoms with van der Waals surface area (Å²) in [4.78, 5) is 25.4. The molecule has 28 heavy (non-hydrogen) atoms. The minimum Gasteiger partial charge on any atom is -0.341 e. The minimum atomic E-state index is -0.460. The van der Waals surface area contributed by atoms with Crippen LogP contribution in [0.4, 0.5) is 10.1 Å². The van der Waals surface area contributed by atoms with E-state index in [4.69, 9.17) is 0 Å². The molecular formula is C23H17FN2O2. The Kier molecular flexibility index (Phi) is 4.72. The second kappa shape index (κ2) is 7.48. The summed E-state index contributed by atoms with van der Waals surface area (Å²) < 4.78 is 15.0. The van der Waals surface area contributed by atoms with Crippen molar-refractivity contribution in [3.05, 3.63) is 112 Å². The van der Waals surface area contributed by atoms with Crippen LogP contribution in [0.5, 0.6) is 0 Å². The van der Waals surface area contributed by atoms with Gasteiger partial charge in [-0.25, -0.2) is 4.39 Å². The summed E-state index contributed by atoms with van der Waals surface area (Å²) in [7, 11) is 0. The lowest BCUT2D eigenvalue weighted by Crippen LogP contribution is -2.21. The van der Waals surface area contributed by atoms with Gasteiger partial charge >= 0.3 is 0 Å². The minimum absolute atomic E-state index is 0.184. The Morgan fingerprint density at radius 2 is 1.57 bits per heavy atom. The van der Waals surface area contributed by atoms with Crippen molar-refractivity contribution in [1.29, 1.82) is 0 Å². The fourth-order valence-corrected chi connectivity index (χ4v) is 3.14. The number of nitrogens with one attached hydrogen (secondary N) is 1. The smallest absolute Gasteiger partial charge is 0.255 e. The van der Waals surface area contributed by atoms with Crippen molar-refractivity contribution >= 4 is 22.5 Å². The van der Waals surface area contributed by atoms with Gasteiger partial charge in [0.15, 0.2) is 0 Å². The van der Waals surface area contributed by atoms with Crippen LogP contribution in [-0.2, 0) is 6.54 Å². The van der Waals surface area contributed by atoms with E-state index in [1.807, 2.05) is 47.0 Å². The van der Waals surface area contributed by atoms with Gasteiger partial charge in [0.2, 0.25) is 5.43 Å². The van der Waals surface area contributed by atoms with Gasteiger partial charge in [0.05, 0.1) is 5.52 Å². The van der Waals surface area contributed by atoms with E-state index in [0.29, 0.717) is 11.9 Å². The largest absolute Gasteiger partial charge is 0.341 e. The van der Waals surface area contributed by atoms with Gasteiger partial charge in [-0.1, -0.05) is 42.5 Å². The van der Waals surface area contributed by atoms with Gasteiger partial charge in [-0.05, 0) is 42.0 Å². The summed E-state index contributed by atoms with van der Waals surface area (Å²) in [6.07, 6.45) is 1.65. The van der Waals surface area contributed by atoms with Crippen LogP contribution in [0.3, 0.4) is 0 Å². The Balaban J connectivity index is 1.76. The molecule has 1 heterocycles. The number of hydrogen-bond acceptors (Lipinski definition) is 2. The number of aromatic nitrogens is 1. The van der Waals surface area contributed by atoms with Gasteiger partial charge in [-0.15, -0.1) is 0 Å². The number of hydrogen-bond donors (Lipinski definition) is 1. The van der Waals surface area contributed by atoms with Crippen molar-refractivity contribution in [2.24, 2.45) is 0 Å². The lowest BCUT2D eigenvalue weighted by atomic mass is 10.1. The van der Waals surface area contributed by atoms with Crippen LogP contribution in [0.25, 0.3) is 10.9 Å². The first-order valence-corrected chi connectivity index (χ1v) is 8.85. The highest BCUT2D eigenvalue weighted by molar-refractivity contribution is 6.04. The van der Waals surface area contributed by atoms with Gasteiger partial charge in [0.1, 0.15) is 11.5 Å². The van der Waals surface area contributed by atoms with E-state index in [-0.39, 0.29) is 16.7 Å². The monoisotopic (exact) mass is 372 g/mol. The van der Waals surface area contributed by atoms with E-state index in [9.17, 15) is 14.0 Å². The highest BCUT2D eigenvalue weighted by Crippen LogP contribution is 2.17. The van der Waals surface area contributed by atoms with Crippen molar-refractivity contribution in [3.8, 4) is 0 Å². The average Bonchev–Trinajstić information content (AvgIpc) is 2.72. The molecule has 0 atom stereocenters. The number of para-hydroxylation sites is 1. The van der Waals surface area contributed by atoms with Crippen molar-refractivity contribution in [2.75, 3.05) is 5.32 Å². The van der Waals surface area contributed by atoms with Crippen molar-refractivity contribution < 1.29 is 9.18 Å². The quantitative estimate of drug-likeness (QED) is 0.576. The van der Waals surface area contributed by atoms with E-state index in [2.05, 4.69) is 5.32 Å². The first-order chi connectivity index (χ1) is 13.6. The normalized spacial score (nSPS) is 10.8. The predicted molar refractivity (Wildman–Crippen MR) is 108 cm³/mol. The molecule has 0 unspecified atom stereocenters. The molecule has 4 aromatic rings. The van der Waals surface area contributed by atoms with Crippen LogP contribution in [0.1, 0.15) is 15.9 Å². The number of benzene rings is 3. The number of carbonyl (C=O) groups excluding carboxylic acids is 1. The molecule has 4 rings (SSSR count). The third-order valence-electron chi connectivity index (χ3n) is 4.54. The van der Waals surface area contributed by atoms with E-state index < -0.39 is 11.7 Å². The van der Waals surface area contributed by atoms with Gasteiger partial charge in [0.25, 0.3) is 5.91 Å². The summed E-state index contributed by atoms with van der Waals surface area (Å²) in [6, 6.07) is 22.3. The zero-order valence-corrected chi connectivity index (χ0v) is 14.9. The molecule has 0 saturated heterocycles. The highest BCUT2D eigenvalue weighted by atomic mass is 19.1. The van der Waals surface area contributed by atoms with E-state index in [1.165, 1.54) is 24.3 Å². The fourth-order valence-electron chi connectivity index (χ4n) is 3.14. The Morgan fingerprint density at radius 3 is 2.32 bits per heavy atom. The molecule has 0 aliphatic carbocycles. The second-order valence-corrected chi connectivity index (χ2v) is 6.46. The summed E-state index contributed by atoms with van der Waals surface area (Å²) in [5.74, 6) is -0.883. The number of nitrogens with zero attached hydrogens (tertiary/aromatic N) is 1. The van der Waals surface area contributed by atoms with Gasteiger partial charge < -0.3 is 9.88 Å². The predicted octanol–water partition coefficient (Wildman–Crippen LogP) is 4.44. The molecule has 1 N–H and O–H groups in total. The molecule has 3 aromatic carbocycles. The lowest BCUT2D eigenvalue weighted by molar-refractivity contribution is 0.102. The van der Waals surface area contributed by atoms with Gasteiger partial charge in [-0.2, -0.15) is 0 Å². The maximum absolute atomic E-state index is 13.1. The van der Waals surface area contributed by atoms with Crippen LogP contribution in [-0.4, -0.2) is 10.5 Å². The van der Waals surface area contributed by atoms with Crippen LogP contribution < -0.4 is 10.7 Å².